The Labute approximate surface area is 196 Å². The van der Waals surface area contributed by atoms with Crippen LogP contribution in [0.15, 0.2) is 30.6 Å². The minimum absolute atomic E-state index is 0. The Balaban J connectivity index is 0.00000261. The van der Waals surface area contributed by atoms with Crippen molar-refractivity contribution in [1.82, 2.24) is 4.90 Å². The lowest BCUT2D eigenvalue weighted by molar-refractivity contribution is -0.0597. The van der Waals surface area contributed by atoms with E-state index in [9.17, 15) is 4.39 Å². The molecule has 7 heteroatoms. The highest BCUT2D eigenvalue weighted by Crippen LogP contribution is 2.42. The van der Waals surface area contributed by atoms with Crippen LogP contribution in [0.5, 0.6) is 5.75 Å². The molecule has 0 bridgehead atoms. The van der Waals surface area contributed by atoms with E-state index in [0.29, 0.717) is 24.5 Å². The predicted molar refractivity (Wildman–Crippen MR) is 134 cm³/mol. The zero-order valence-corrected chi connectivity index (χ0v) is 20.8. The topological polar surface area (TPSA) is 21.7 Å². The number of ether oxygens (including phenoxy) is 2. The fourth-order valence-electron chi connectivity index (χ4n) is 4.56. The maximum Gasteiger partial charge on any atom is 0.119 e. The van der Waals surface area contributed by atoms with Gasteiger partial charge < -0.3 is 9.47 Å². The second-order valence-corrected chi connectivity index (χ2v) is 8.05. The number of hydrogen-bond acceptors (Lipinski definition) is 3. The van der Waals surface area contributed by atoms with Crippen LogP contribution in [0.2, 0.25) is 0 Å². The highest BCUT2D eigenvalue weighted by Gasteiger charge is 2.39. The summed E-state index contributed by atoms with van der Waals surface area (Å²) in [6, 6.07) is 6.84. The largest absolute Gasteiger partial charge is 0.494 e. The standard InChI is InChI=1S/C22H32FNO2.3H2S/c1-5-25-19-6-7-20-17(11-19)8-9-24-13-18(10-15(2)3)22(12-21(20)24)26-14-16(4)23;;;/h6-7,11,15,18,21-22H,4-5,8-10,12-14H2,1-3H3;3*1H2/t18-,21-,22-;;;/m0.../s1/i23+0;;;. The summed E-state index contributed by atoms with van der Waals surface area (Å²) >= 11 is 0. The number of benzene rings is 1. The second-order valence-electron chi connectivity index (χ2n) is 8.05. The summed E-state index contributed by atoms with van der Waals surface area (Å²) in [6.45, 7) is 12.7. The molecular formula is C22H38FNO2S3. The van der Waals surface area contributed by atoms with Crippen LogP contribution in [0, 0.1) is 11.8 Å². The first-order valence-electron chi connectivity index (χ1n) is 9.92. The summed E-state index contributed by atoms with van der Waals surface area (Å²) in [5.41, 5.74) is 2.77. The molecule has 2 aliphatic heterocycles. The molecule has 0 spiro atoms. The number of piperidine rings is 1. The fraction of sp³-hybridized carbons (Fsp3) is 0.636. The Hall–Kier alpha value is -0.340. The quantitative estimate of drug-likeness (QED) is 0.551. The monoisotopic (exact) mass is 463 g/mol. The predicted octanol–water partition coefficient (Wildman–Crippen LogP) is 5.26. The van der Waals surface area contributed by atoms with Crippen LogP contribution in [-0.2, 0) is 11.2 Å². The van der Waals surface area contributed by atoms with Crippen molar-refractivity contribution in [3.05, 3.63) is 41.7 Å². The zero-order chi connectivity index (χ0) is 18.7. The summed E-state index contributed by atoms with van der Waals surface area (Å²) in [4.78, 5) is 2.60. The van der Waals surface area contributed by atoms with Gasteiger partial charge in [0, 0.05) is 19.1 Å². The molecule has 3 atom stereocenters. The van der Waals surface area contributed by atoms with Gasteiger partial charge in [-0.2, -0.15) is 40.5 Å². The molecule has 0 N–H and O–H groups in total. The Kier molecular flexibility index (Phi) is 13.0. The Morgan fingerprint density at radius 3 is 2.62 bits per heavy atom. The van der Waals surface area contributed by atoms with E-state index >= 15 is 0 Å². The lowest BCUT2D eigenvalue weighted by Crippen LogP contribution is -2.49. The lowest BCUT2D eigenvalue weighted by Gasteiger charge is -2.47. The molecule has 0 saturated carbocycles. The summed E-state index contributed by atoms with van der Waals surface area (Å²) in [6.07, 6.45) is 3.19. The molecule has 29 heavy (non-hydrogen) atoms. The molecule has 0 radical (unpaired) electrons. The SMILES string of the molecule is C=C([19F])CO[C@H]1C[C@H]2c3ccc(OCC)cc3CCN2C[C@@H]1CC(C)C.S.S.S. The zero-order valence-electron chi connectivity index (χ0n) is 17.8. The normalized spacial score (nSPS) is 23.0. The summed E-state index contributed by atoms with van der Waals surface area (Å²) < 4.78 is 24.8. The van der Waals surface area contributed by atoms with Gasteiger partial charge in [-0.05, 0) is 61.3 Å². The van der Waals surface area contributed by atoms with Crippen molar-refractivity contribution >= 4 is 40.5 Å². The first-order chi connectivity index (χ1) is 12.5. The van der Waals surface area contributed by atoms with Crippen molar-refractivity contribution < 1.29 is 13.9 Å². The molecule has 1 aromatic rings. The summed E-state index contributed by atoms with van der Waals surface area (Å²) in [5, 5.41) is 0. The fourth-order valence-corrected chi connectivity index (χ4v) is 4.56. The average Bonchev–Trinajstić information content (AvgIpc) is 2.59. The van der Waals surface area contributed by atoms with E-state index in [4.69, 9.17) is 9.47 Å². The van der Waals surface area contributed by atoms with Gasteiger partial charge in [0.05, 0.1) is 19.3 Å². The van der Waals surface area contributed by atoms with E-state index in [-0.39, 0.29) is 59.0 Å². The molecule has 3 nitrogen and oxygen atoms in total. The molecule has 2 heterocycles. The Bertz CT molecular complexity index is 644. The molecule has 0 aliphatic carbocycles. The van der Waals surface area contributed by atoms with E-state index < -0.39 is 0 Å². The van der Waals surface area contributed by atoms with Crippen LogP contribution in [0.25, 0.3) is 0 Å². The van der Waals surface area contributed by atoms with Crippen molar-refractivity contribution in [3.63, 3.8) is 0 Å². The number of halogens is 1. The lowest BCUT2D eigenvalue weighted by atomic mass is 9.79. The molecule has 0 aromatic heterocycles. The number of rotatable bonds is 7. The smallest absolute Gasteiger partial charge is 0.119 e. The van der Waals surface area contributed by atoms with Crippen molar-refractivity contribution in [2.24, 2.45) is 11.8 Å². The van der Waals surface area contributed by atoms with Crippen molar-refractivity contribution in [2.75, 3.05) is 26.3 Å². The van der Waals surface area contributed by atoms with Gasteiger partial charge in [-0.1, -0.05) is 26.5 Å². The van der Waals surface area contributed by atoms with E-state index in [2.05, 4.69) is 43.5 Å². The third kappa shape index (κ3) is 7.39. The van der Waals surface area contributed by atoms with E-state index in [1.54, 1.807) is 0 Å². The molecule has 0 unspecified atom stereocenters. The van der Waals surface area contributed by atoms with Gasteiger partial charge in [0.2, 0.25) is 0 Å². The minimum atomic E-state index is -0.388. The van der Waals surface area contributed by atoms with E-state index in [1.807, 2.05) is 6.92 Å². The maximum absolute atomic E-state index is 13.2. The molecule has 168 valence electrons. The number of nitrogens with zero attached hydrogens (tertiary/aromatic N) is 1. The third-order valence-electron chi connectivity index (χ3n) is 5.57. The number of hydrogen-bond donors (Lipinski definition) is 0. The van der Waals surface area contributed by atoms with Crippen molar-refractivity contribution in [1.29, 1.82) is 0 Å². The number of fused-ring (bicyclic) bond motifs is 3. The molecule has 1 saturated heterocycles. The average molecular weight is 464 g/mol. The van der Waals surface area contributed by atoms with Crippen molar-refractivity contribution in [3.8, 4) is 5.75 Å². The van der Waals surface area contributed by atoms with Gasteiger partial charge in [-0.3, -0.25) is 4.90 Å². The van der Waals surface area contributed by atoms with Crippen molar-refractivity contribution in [2.45, 2.75) is 52.2 Å². The highest BCUT2D eigenvalue weighted by atomic mass is 32.1. The Morgan fingerprint density at radius 2 is 2.00 bits per heavy atom. The van der Waals surface area contributed by atoms with E-state index in [1.165, 1.54) is 11.1 Å². The Morgan fingerprint density at radius 1 is 1.28 bits per heavy atom. The van der Waals surface area contributed by atoms with Gasteiger partial charge >= 0.3 is 0 Å². The van der Waals surface area contributed by atoms with Gasteiger partial charge in [0.1, 0.15) is 11.6 Å². The van der Waals surface area contributed by atoms with Gasteiger partial charge in [-0.25, -0.2) is 4.39 Å². The molecule has 1 fully saturated rings. The van der Waals surface area contributed by atoms with Crippen LogP contribution < -0.4 is 4.74 Å². The first kappa shape index (κ1) is 28.7. The maximum atomic E-state index is 13.2. The van der Waals surface area contributed by atoms with Gasteiger partial charge in [-0.15, -0.1) is 0 Å². The van der Waals surface area contributed by atoms with Crippen LogP contribution in [0.1, 0.15) is 50.8 Å². The third-order valence-corrected chi connectivity index (χ3v) is 5.57. The molecule has 1 aromatic carbocycles. The summed E-state index contributed by atoms with van der Waals surface area (Å²) in [5.74, 6) is 1.63. The molecular weight excluding hydrogens is 425 g/mol. The summed E-state index contributed by atoms with van der Waals surface area (Å²) in [7, 11) is 0. The highest BCUT2D eigenvalue weighted by molar-refractivity contribution is 7.59. The van der Waals surface area contributed by atoms with E-state index in [0.717, 1.165) is 38.1 Å². The minimum Gasteiger partial charge on any atom is -0.494 e. The van der Waals surface area contributed by atoms with Crippen LogP contribution >= 0.6 is 40.5 Å². The second kappa shape index (κ2) is 13.2. The molecule has 0 amide bonds. The van der Waals surface area contributed by atoms with Gasteiger partial charge in [0.15, 0.2) is 0 Å². The van der Waals surface area contributed by atoms with Crippen LogP contribution in [-0.4, -0.2) is 37.3 Å². The van der Waals surface area contributed by atoms with Crippen LogP contribution in [0.4, 0.5) is 4.39 Å². The molecule has 2 aliphatic rings. The molecule has 3 rings (SSSR count). The van der Waals surface area contributed by atoms with Gasteiger partial charge in [0.25, 0.3) is 0 Å². The van der Waals surface area contributed by atoms with Crippen LogP contribution in [0.3, 0.4) is 0 Å². The first-order valence-corrected chi connectivity index (χ1v) is 9.92.